The number of rotatable bonds is 8. The van der Waals surface area contributed by atoms with Crippen molar-refractivity contribution in [3.05, 3.63) is 88.6 Å². The molecule has 42 heavy (non-hydrogen) atoms. The molecule has 2 heterocycles. The molecule has 0 radical (unpaired) electrons. The monoisotopic (exact) mass is 579 g/mol. The molecule has 0 amide bonds. The number of halogens is 3. The van der Waals surface area contributed by atoms with Crippen molar-refractivity contribution in [1.82, 2.24) is 9.78 Å². The second-order valence-corrected chi connectivity index (χ2v) is 11.1. The average molecular weight is 580 g/mol. The second-order valence-electron chi connectivity index (χ2n) is 11.1. The lowest BCUT2D eigenvalue weighted by atomic mass is 9.98. The van der Waals surface area contributed by atoms with Crippen LogP contribution < -0.4 is 20.7 Å². The average Bonchev–Trinajstić information content (AvgIpc) is 3.29. The van der Waals surface area contributed by atoms with Crippen LogP contribution in [0.4, 0.5) is 24.5 Å². The Morgan fingerprint density at radius 3 is 2.43 bits per heavy atom. The van der Waals surface area contributed by atoms with E-state index in [0.717, 1.165) is 51.3 Å². The van der Waals surface area contributed by atoms with Crippen molar-refractivity contribution < 1.29 is 23.0 Å². The number of benzene rings is 3. The fraction of sp³-hybridized carbons (Fsp3) is 0.344. The van der Waals surface area contributed by atoms with Gasteiger partial charge >= 0.3 is 6.18 Å². The van der Waals surface area contributed by atoms with E-state index < -0.39 is 18.1 Å². The molecule has 0 aliphatic carbocycles. The number of aliphatic hydroxyl groups is 1. The molecule has 1 aliphatic heterocycles. The Bertz CT molecular complexity index is 1560. The zero-order valence-electron chi connectivity index (χ0n) is 24.2. The van der Waals surface area contributed by atoms with E-state index in [1.54, 1.807) is 13.0 Å². The van der Waals surface area contributed by atoms with E-state index in [2.05, 4.69) is 24.1 Å². The number of aliphatic hydroxyl groups excluding tert-OH is 1. The summed E-state index contributed by atoms with van der Waals surface area (Å²) in [6, 6.07) is 17.4. The SMILES string of the molecule is Cc1cc(C(F)(F)F)ccc1N1CCc2nn(-c3c(C)cccc3OCC(C)C)c(-c3ccc(NC(N)O)cc3)c2C1. The van der Waals surface area contributed by atoms with Gasteiger partial charge in [-0.25, -0.2) is 4.68 Å². The van der Waals surface area contributed by atoms with Gasteiger partial charge in [-0.1, -0.05) is 38.1 Å². The Labute approximate surface area is 243 Å². The first-order chi connectivity index (χ1) is 19.9. The predicted octanol–water partition coefficient (Wildman–Crippen LogP) is 6.42. The van der Waals surface area contributed by atoms with Gasteiger partial charge in [-0.05, 0) is 67.3 Å². The third kappa shape index (κ3) is 6.10. The summed E-state index contributed by atoms with van der Waals surface area (Å²) in [5, 5.41) is 17.4. The number of fused-ring (bicyclic) bond motifs is 1. The number of para-hydroxylation sites is 1. The molecule has 222 valence electrons. The van der Waals surface area contributed by atoms with Crippen LogP contribution >= 0.6 is 0 Å². The Morgan fingerprint density at radius 2 is 1.79 bits per heavy atom. The van der Waals surface area contributed by atoms with Gasteiger partial charge in [0.05, 0.1) is 23.6 Å². The van der Waals surface area contributed by atoms with Gasteiger partial charge in [-0.3, -0.25) is 5.73 Å². The van der Waals surface area contributed by atoms with Crippen molar-refractivity contribution in [2.45, 2.75) is 53.2 Å². The van der Waals surface area contributed by atoms with Crippen molar-refractivity contribution in [1.29, 1.82) is 0 Å². The van der Waals surface area contributed by atoms with E-state index in [0.29, 0.717) is 43.3 Å². The van der Waals surface area contributed by atoms with Crippen LogP contribution in [0.2, 0.25) is 0 Å². The summed E-state index contributed by atoms with van der Waals surface area (Å²) < 4.78 is 48.2. The van der Waals surface area contributed by atoms with E-state index >= 15 is 0 Å². The highest BCUT2D eigenvalue weighted by Gasteiger charge is 2.32. The van der Waals surface area contributed by atoms with Crippen LogP contribution in [0.3, 0.4) is 0 Å². The van der Waals surface area contributed by atoms with Crippen LogP contribution in [-0.4, -0.2) is 34.4 Å². The largest absolute Gasteiger partial charge is 0.491 e. The highest BCUT2D eigenvalue weighted by atomic mass is 19.4. The molecule has 0 saturated carbocycles. The quantitative estimate of drug-likeness (QED) is 0.209. The van der Waals surface area contributed by atoms with Crippen LogP contribution in [0.15, 0.2) is 60.7 Å². The summed E-state index contributed by atoms with van der Waals surface area (Å²) >= 11 is 0. The Kier molecular flexibility index (Phi) is 8.21. The van der Waals surface area contributed by atoms with Gasteiger partial charge in [-0.15, -0.1) is 0 Å². The molecule has 1 atom stereocenters. The molecule has 4 aromatic rings. The number of ether oxygens (including phenoxy) is 1. The van der Waals surface area contributed by atoms with E-state index in [4.69, 9.17) is 15.6 Å². The summed E-state index contributed by atoms with van der Waals surface area (Å²) in [4.78, 5) is 2.11. The third-order valence-electron chi connectivity index (χ3n) is 7.36. The summed E-state index contributed by atoms with van der Waals surface area (Å²) in [5.41, 5.74) is 12.4. The van der Waals surface area contributed by atoms with Crippen molar-refractivity contribution in [2.24, 2.45) is 11.7 Å². The zero-order chi connectivity index (χ0) is 30.2. The molecule has 1 aromatic heterocycles. The maximum Gasteiger partial charge on any atom is 0.416 e. The van der Waals surface area contributed by atoms with Crippen LogP contribution in [-0.2, 0) is 19.1 Å². The third-order valence-corrected chi connectivity index (χ3v) is 7.36. The van der Waals surface area contributed by atoms with Gasteiger partial charge in [-0.2, -0.15) is 18.3 Å². The topological polar surface area (TPSA) is 88.6 Å². The number of aryl methyl sites for hydroxylation is 2. The number of anilines is 2. The van der Waals surface area contributed by atoms with Crippen molar-refractivity contribution >= 4 is 11.4 Å². The molecule has 0 fully saturated rings. The number of nitrogens with one attached hydrogen (secondary N) is 1. The smallest absolute Gasteiger partial charge is 0.416 e. The maximum absolute atomic E-state index is 13.3. The summed E-state index contributed by atoms with van der Waals surface area (Å²) in [6.07, 6.45) is -4.96. The van der Waals surface area contributed by atoms with Gasteiger partial charge in [0.25, 0.3) is 0 Å². The van der Waals surface area contributed by atoms with Crippen molar-refractivity contribution in [3.63, 3.8) is 0 Å². The van der Waals surface area contributed by atoms with Crippen LogP contribution in [0, 0.1) is 19.8 Å². The van der Waals surface area contributed by atoms with Crippen LogP contribution in [0.25, 0.3) is 16.9 Å². The minimum absolute atomic E-state index is 0.335. The molecule has 0 bridgehead atoms. The number of nitrogens with two attached hydrogens (primary N) is 1. The first kappa shape index (κ1) is 29.5. The Morgan fingerprint density at radius 1 is 1.05 bits per heavy atom. The Hall–Kier alpha value is -4.02. The molecule has 3 aromatic carbocycles. The van der Waals surface area contributed by atoms with Gasteiger partial charge in [0, 0.05) is 42.0 Å². The molecule has 1 unspecified atom stereocenters. The molecule has 7 nitrogen and oxygen atoms in total. The van der Waals surface area contributed by atoms with Crippen LogP contribution in [0.1, 0.15) is 41.8 Å². The number of hydrogen-bond acceptors (Lipinski definition) is 6. The summed E-state index contributed by atoms with van der Waals surface area (Å²) in [6.45, 7) is 9.58. The van der Waals surface area contributed by atoms with E-state index in [-0.39, 0.29) is 0 Å². The fourth-order valence-electron chi connectivity index (χ4n) is 5.40. The van der Waals surface area contributed by atoms with Gasteiger partial charge in [0.15, 0.2) is 6.35 Å². The summed E-state index contributed by atoms with van der Waals surface area (Å²) in [7, 11) is 0. The first-order valence-electron chi connectivity index (χ1n) is 14.0. The Balaban J connectivity index is 1.62. The predicted molar refractivity (Wildman–Crippen MR) is 159 cm³/mol. The zero-order valence-corrected chi connectivity index (χ0v) is 24.2. The van der Waals surface area contributed by atoms with Gasteiger partial charge in [0.2, 0.25) is 0 Å². The molecule has 0 saturated heterocycles. The molecule has 5 rings (SSSR count). The highest BCUT2D eigenvalue weighted by molar-refractivity contribution is 5.72. The lowest BCUT2D eigenvalue weighted by Gasteiger charge is -2.30. The van der Waals surface area contributed by atoms with Crippen molar-refractivity contribution in [3.8, 4) is 22.7 Å². The molecule has 10 heteroatoms. The molecular weight excluding hydrogens is 543 g/mol. The minimum Gasteiger partial charge on any atom is -0.491 e. The normalized spacial score (nSPS) is 14.2. The summed E-state index contributed by atoms with van der Waals surface area (Å²) in [5.74, 6) is 1.06. The lowest BCUT2D eigenvalue weighted by molar-refractivity contribution is -0.137. The van der Waals surface area contributed by atoms with Crippen LogP contribution in [0.5, 0.6) is 5.75 Å². The van der Waals surface area contributed by atoms with Gasteiger partial charge < -0.3 is 20.1 Å². The number of nitrogens with zero attached hydrogens (tertiary/aromatic N) is 3. The number of alkyl halides is 3. The molecule has 4 N–H and O–H groups in total. The second kappa shape index (κ2) is 11.7. The van der Waals surface area contributed by atoms with E-state index in [1.807, 2.05) is 54.1 Å². The van der Waals surface area contributed by atoms with E-state index in [9.17, 15) is 18.3 Å². The lowest BCUT2D eigenvalue weighted by Crippen LogP contribution is -2.31. The highest BCUT2D eigenvalue weighted by Crippen LogP contribution is 2.39. The van der Waals surface area contributed by atoms with Crippen molar-refractivity contribution in [2.75, 3.05) is 23.4 Å². The number of hydrogen-bond donors (Lipinski definition) is 3. The standard InChI is InChI=1S/C32H36F3N5O2/c1-19(2)18-42-28-7-5-6-20(3)29(28)40-30(22-8-11-24(12-9-22)37-31(36)41)25-17-39(15-14-26(25)38-40)27-13-10-23(16-21(27)4)32(33,34)35/h5-13,16,19,31,37,41H,14-15,17-18,36H2,1-4H3. The maximum atomic E-state index is 13.3. The van der Waals surface area contributed by atoms with Gasteiger partial charge in [0.1, 0.15) is 11.4 Å². The first-order valence-corrected chi connectivity index (χ1v) is 14.0. The fourth-order valence-corrected chi connectivity index (χ4v) is 5.40. The minimum atomic E-state index is -4.39. The molecule has 0 spiro atoms. The number of aromatic nitrogens is 2. The van der Waals surface area contributed by atoms with E-state index in [1.165, 1.54) is 6.07 Å². The molecular formula is C32H36F3N5O2. The molecule has 1 aliphatic rings.